The molecule has 11 heteroatoms. The number of rotatable bonds is 8. The molecule has 4 unspecified atom stereocenters. The van der Waals surface area contributed by atoms with Gasteiger partial charge in [-0.2, -0.15) is 0 Å². The van der Waals surface area contributed by atoms with E-state index in [1.165, 1.54) is 38.4 Å². The van der Waals surface area contributed by atoms with Crippen LogP contribution in [0.15, 0.2) is 66.9 Å². The van der Waals surface area contributed by atoms with Gasteiger partial charge in [0.05, 0.1) is 20.3 Å². The maximum absolute atomic E-state index is 13.5. The number of aromatic nitrogens is 1. The van der Waals surface area contributed by atoms with Gasteiger partial charge in [0.15, 0.2) is 17.5 Å². The fraction of sp³-hybridized carbons (Fsp3) is 0.333. The van der Waals surface area contributed by atoms with Crippen LogP contribution < -0.4 is 19.5 Å². The fourth-order valence-electron chi connectivity index (χ4n) is 4.48. The van der Waals surface area contributed by atoms with Crippen molar-refractivity contribution in [1.82, 2.24) is 10.3 Å². The molecule has 0 radical (unpaired) electrons. The molecule has 1 saturated heterocycles. The molecule has 0 spiro atoms. The summed E-state index contributed by atoms with van der Waals surface area (Å²) >= 11 is 0. The number of benzene rings is 2. The van der Waals surface area contributed by atoms with Crippen molar-refractivity contribution in [3.8, 4) is 17.2 Å². The lowest BCUT2D eigenvalue weighted by molar-refractivity contribution is -0.156. The Morgan fingerprint density at radius 2 is 1.80 bits per heavy atom. The first-order valence-electron chi connectivity index (χ1n) is 13.0. The number of hydrogen-bond donors (Lipinski definition) is 1. The lowest BCUT2D eigenvalue weighted by Crippen LogP contribution is -2.47. The molecule has 1 aromatic heterocycles. The van der Waals surface area contributed by atoms with E-state index < -0.39 is 36.1 Å². The van der Waals surface area contributed by atoms with Gasteiger partial charge in [-0.25, -0.2) is 14.2 Å². The zero-order valence-corrected chi connectivity index (χ0v) is 22.9. The quantitative estimate of drug-likeness (QED) is 0.408. The molecule has 2 heterocycles. The predicted octanol–water partition coefficient (Wildman–Crippen LogP) is 3.52. The molecule has 2 aromatic carbocycles. The third-order valence-corrected chi connectivity index (χ3v) is 6.41. The second-order valence-electron chi connectivity index (χ2n) is 9.48. The van der Waals surface area contributed by atoms with Crippen LogP contribution in [0.25, 0.3) is 0 Å². The van der Waals surface area contributed by atoms with E-state index in [1.54, 1.807) is 31.2 Å². The highest BCUT2D eigenvalue weighted by Gasteiger charge is 2.37. The van der Waals surface area contributed by atoms with Crippen molar-refractivity contribution in [3.63, 3.8) is 0 Å². The second kappa shape index (κ2) is 13.7. The summed E-state index contributed by atoms with van der Waals surface area (Å²) in [6, 6.07) is 15.5. The van der Waals surface area contributed by atoms with Crippen LogP contribution in [0.1, 0.15) is 29.9 Å². The van der Waals surface area contributed by atoms with Gasteiger partial charge in [-0.15, -0.1) is 0 Å². The van der Waals surface area contributed by atoms with Gasteiger partial charge >= 0.3 is 11.9 Å². The lowest BCUT2D eigenvalue weighted by atomic mass is 9.91. The predicted molar refractivity (Wildman–Crippen MR) is 144 cm³/mol. The highest BCUT2D eigenvalue weighted by atomic mass is 19.1. The molecule has 41 heavy (non-hydrogen) atoms. The summed E-state index contributed by atoms with van der Waals surface area (Å²) < 4.78 is 41.9. The van der Waals surface area contributed by atoms with E-state index in [0.717, 1.165) is 5.56 Å². The maximum Gasteiger partial charge on any atom is 0.331 e. The van der Waals surface area contributed by atoms with Gasteiger partial charge in [0.2, 0.25) is 5.75 Å². The van der Waals surface area contributed by atoms with Gasteiger partial charge in [0.25, 0.3) is 5.91 Å². The van der Waals surface area contributed by atoms with Gasteiger partial charge in [-0.3, -0.25) is 9.59 Å². The number of carbonyl (C=O) groups is 3. The topological polar surface area (TPSA) is 122 Å². The van der Waals surface area contributed by atoms with Gasteiger partial charge < -0.3 is 29.0 Å². The molecule has 10 nitrogen and oxygen atoms in total. The van der Waals surface area contributed by atoms with E-state index in [2.05, 4.69) is 10.3 Å². The van der Waals surface area contributed by atoms with Crippen LogP contribution in [-0.4, -0.2) is 61.4 Å². The van der Waals surface area contributed by atoms with Crippen molar-refractivity contribution in [2.24, 2.45) is 5.92 Å². The molecule has 216 valence electrons. The molecule has 1 aliphatic rings. The number of cyclic esters (lactones) is 1. The van der Waals surface area contributed by atoms with Crippen LogP contribution in [0, 0.1) is 11.7 Å². The number of hydrogen-bond acceptors (Lipinski definition) is 9. The molecule has 0 saturated carbocycles. The van der Waals surface area contributed by atoms with Crippen molar-refractivity contribution < 1.29 is 42.5 Å². The maximum atomic E-state index is 13.5. The molecule has 1 amide bonds. The fourth-order valence-corrected chi connectivity index (χ4v) is 4.48. The standard InChI is InChI=1S/C30H31FN2O8/c1-18-27(41-23-7-5-4-6-8-23)21(15-20-9-11-22(31)12-10-20)16-38-17-24(30(36)39-18)33-29(35)26-28(40-19(2)34)25(37-3)13-14-32-26/h4-14,18,21,24,27H,15-17H2,1-3H3,(H,33,35). The number of nitrogens with zero attached hydrogens (tertiary/aromatic N) is 1. The lowest BCUT2D eigenvalue weighted by Gasteiger charge is -2.31. The summed E-state index contributed by atoms with van der Waals surface area (Å²) in [5.74, 6) is -2.34. The molecule has 0 aliphatic carbocycles. The number of para-hydroxylation sites is 1. The van der Waals surface area contributed by atoms with E-state index in [1.807, 2.05) is 18.2 Å². The first-order valence-corrected chi connectivity index (χ1v) is 13.0. The Hall–Kier alpha value is -4.51. The molecule has 1 aliphatic heterocycles. The van der Waals surface area contributed by atoms with Crippen molar-refractivity contribution in [2.45, 2.75) is 38.5 Å². The number of carbonyl (C=O) groups excluding carboxylic acids is 3. The first-order chi connectivity index (χ1) is 19.7. The molecule has 1 fully saturated rings. The molecular weight excluding hydrogens is 535 g/mol. The minimum atomic E-state index is -1.20. The highest BCUT2D eigenvalue weighted by molar-refractivity contribution is 5.98. The number of amides is 1. The Morgan fingerprint density at radius 1 is 1.07 bits per heavy atom. The van der Waals surface area contributed by atoms with Crippen LogP contribution >= 0.6 is 0 Å². The normalized spacial score (nSPS) is 20.9. The van der Waals surface area contributed by atoms with E-state index in [-0.39, 0.29) is 42.1 Å². The Labute approximate surface area is 236 Å². The number of pyridine rings is 1. The van der Waals surface area contributed by atoms with Crippen molar-refractivity contribution >= 4 is 17.8 Å². The van der Waals surface area contributed by atoms with Crippen molar-refractivity contribution in [1.29, 1.82) is 0 Å². The Kier molecular flexibility index (Phi) is 9.86. The van der Waals surface area contributed by atoms with Crippen molar-refractivity contribution in [3.05, 3.63) is 83.9 Å². The van der Waals surface area contributed by atoms with E-state index in [4.69, 9.17) is 23.7 Å². The van der Waals surface area contributed by atoms with E-state index in [0.29, 0.717) is 12.2 Å². The zero-order chi connectivity index (χ0) is 29.4. The Morgan fingerprint density at radius 3 is 2.49 bits per heavy atom. The molecule has 4 rings (SSSR count). The van der Waals surface area contributed by atoms with Crippen LogP contribution in [0.3, 0.4) is 0 Å². The Balaban J connectivity index is 1.57. The monoisotopic (exact) mass is 566 g/mol. The number of nitrogens with one attached hydrogen (secondary N) is 1. The number of esters is 2. The van der Waals surface area contributed by atoms with E-state index in [9.17, 15) is 18.8 Å². The van der Waals surface area contributed by atoms with E-state index >= 15 is 0 Å². The Bertz CT molecular complexity index is 1350. The largest absolute Gasteiger partial charge is 0.493 e. The third-order valence-electron chi connectivity index (χ3n) is 6.41. The van der Waals surface area contributed by atoms with Crippen LogP contribution in [0.4, 0.5) is 4.39 Å². The average Bonchev–Trinajstić information content (AvgIpc) is 3.00. The molecule has 0 bridgehead atoms. The number of halogens is 1. The SMILES string of the molecule is COc1ccnc(C(=O)NC2COCC(Cc3ccc(F)cc3)C(Oc3ccccc3)C(C)OC2=O)c1OC(C)=O. The molecular formula is C30H31FN2O8. The van der Waals surface area contributed by atoms with Crippen LogP contribution in [0.2, 0.25) is 0 Å². The van der Waals surface area contributed by atoms with Gasteiger partial charge in [0.1, 0.15) is 23.8 Å². The number of methoxy groups -OCH3 is 1. The summed E-state index contributed by atoms with van der Waals surface area (Å²) in [6.45, 7) is 2.82. The highest BCUT2D eigenvalue weighted by Crippen LogP contribution is 2.30. The summed E-state index contributed by atoms with van der Waals surface area (Å²) in [4.78, 5) is 42.1. The molecule has 4 atom stereocenters. The van der Waals surface area contributed by atoms with Crippen molar-refractivity contribution in [2.75, 3.05) is 20.3 Å². The summed E-state index contributed by atoms with van der Waals surface area (Å²) in [5, 5.41) is 2.57. The summed E-state index contributed by atoms with van der Waals surface area (Å²) in [5.41, 5.74) is 0.603. The minimum Gasteiger partial charge on any atom is -0.493 e. The average molecular weight is 567 g/mol. The smallest absolute Gasteiger partial charge is 0.331 e. The molecule has 1 N–H and O–H groups in total. The second-order valence-corrected chi connectivity index (χ2v) is 9.48. The summed E-state index contributed by atoms with van der Waals surface area (Å²) in [6.07, 6.45) is 0.389. The molecule has 3 aromatic rings. The number of ether oxygens (including phenoxy) is 5. The first kappa shape index (κ1) is 29.5. The van der Waals surface area contributed by atoms with Crippen LogP contribution in [-0.2, 0) is 25.5 Å². The van der Waals surface area contributed by atoms with Crippen LogP contribution in [0.5, 0.6) is 17.2 Å². The van der Waals surface area contributed by atoms with Gasteiger partial charge in [-0.05, 0) is 43.2 Å². The zero-order valence-electron chi connectivity index (χ0n) is 22.9. The minimum absolute atomic E-state index is 0.117. The third kappa shape index (κ3) is 7.79. The van der Waals surface area contributed by atoms with Gasteiger partial charge in [0, 0.05) is 25.1 Å². The summed E-state index contributed by atoms with van der Waals surface area (Å²) in [7, 11) is 1.35. The van der Waals surface area contributed by atoms with Gasteiger partial charge in [-0.1, -0.05) is 30.3 Å².